The zero-order chi connectivity index (χ0) is 30.5. The van der Waals surface area contributed by atoms with E-state index in [-0.39, 0.29) is 18.3 Å². The highest BCUT2D eigenvalue weighted by atomic mass is 79.9. The van der Waals surface area contributed by atoms with Gasteiger partial charge in [-0.3, -0.25) is 9.59 Å². The number of ether oxygens (including phenoxy) is 1. The predicted octanol–water partition coefficient (Wildman–Crippen LogP) is 8.06. The van der Waals surface area contributed by atoms with Gasteiger partial charge in [0.25, 0.3) is 5.91 Å². The Hall–Kier alpha value is -3.79. The van der Waals surface area contributed by atoms with Crippen LogP contribution >= 0.6 is 15.9 Å². The first kappa shape index (κ1) is 31.2. The smallest absolute Gasteiger partial charge is 0.416 e. The fourth-order valence-corrected chi connectivity index (χ4v) is 4.79. The first-order chi connectivity index (χ1) is 19.8. The first-order valence-electron chi connectivity index (χ1n) is 13.5. The Morgan fingerprint density at radius 2 is 1.64 bits per heavy atom. The number of nitrogens with one attached hydrogen (secondary N) is 1. The lowest BCUT2D eigenvalue weighted by Gasteiger charge is -2.19. The summed E-state index contributed by atoms with van der Waals surface area (Å²) in [5, 5.41) is 2.90. The molecule has 0 aliphatic heterocycles. The molecule has 4 aromatic rings. The number of fused-ring (bicyclic) bond motifs is 1. The number of unbranched alkanes of at least 4 members (excludes halogenated alkanes) is 1. The highest BCUT2D eigenvalue weighted by Crippen LogP contribution is 2.32. The van der Waals surface area contributed by atoms with Crippen molar-refractivity contribution in [3.63, 3.8) is 0 Å². The van der Waals surface area contributed by atoms with Gasteiger partial charge in [-0.1, -0.05) is 40.2 Å². The number of rotatable bonds is 9. The van der Waals surface area contributed by atoms with E-state index in [4.69, 9.17) is 14.7 Å². The van der Waals surface area contributed by atoms with Crippen molar-refractivity contribution in [2.24, 2.45) is 0 Å². The van der Waals surface area contributed by atoms with Crippen molar-refractivity contribution < 1.29 is 27.5 Å². The number of hydrogen-bond donors (Lipinski definition) is 1. The molecule has 10 heteroatoms. The van der Waals surface area contributed by atoms with Gasteiger partial charge in [0, 0.05) is 28.6 Å². The summed E-state index contributed by atoms with van der Waals surface area (Å²) in [5.41, 5.74) is 2.54. The van der Waals surface area contributed by atoms with Gasteiger partial charge in [0.1, 0.15) is 5.60 Å². The normalized spacial score (nSPS) is 11.9. The lowest BCUT2D eigenvalue weighted by atomic mass is 10.0. The average molecular weight is 643 g/mol. The van der Waals surface area contributed by atoms with Crippen LogP contribution in [0.4, 0.5) is 13.2 Å². The molecule has 0 aliphatic rings. The molecular weight excluding hydrogens is 611 g/mol. The molecule has 0 unspecified atom stereocenters. The SMILES string of the molecule is CC(C)(C)OC(=O)CCCCc1nc2cc(C(=O)NCc3cccc(Br)c3)ccc2nc1-c1ccc(C(F)(F)F)cc1. The minimum absolute atomic E-state index is 0.232. The zero-order valence-corrected chi connectivity index (χ0v) is 25.1. The average Bonchev–Trinajstić information content (AvgIpc) is 2.92. The van der Waals surface area contributed by atoms with Crippen molar-refractivity contribution in [3.05, 3.63) is 93.6 Å². The van der Waals surface area contributed by atoms with E-state index in [0.717, 1.165) is 22.2 Å². The fraction of sp³-hybridized carbons (Fsp3) is 0.312. The zero-order valence-electron chi connectivity index (χ0n) is 23.5. The fourth-order valence-electron chi connectivity index (χ4n) is 4.34. The Balaban J connectivity index is 1.58. The largest absolute Gasteiger partial charge is 0.460 e. The summed E-state index contributed by atoms with van der Waals surface area (Å²) in [6, 6.07) is 17.4. The molecule has 0 fully saturated rings. The topological polar surface area (TPSA) is 81.2 Å². The predicted molar refractivity (Wildman–Crippen MR) is 159 cm³/mol. The van der Waals surface area contributed by atoms with Crippen LogP contribution in [-0.4, -0.2) is 27.4 Å². The Bertz CT molecular complexity index is 1580. The van der Waals surface area contributed by atoms with E-state index >= 15 is 0 Å². The molecule has 0 spiro atoms. The lowest BCUT2D eigenvalue weighted by Crippen LogP contribution is -2.23. The molecule has 0 aliphatic carbocycles. The molecule has 3 aromatic carbocycles. The second-order valence-electron chi connectivity index (χ2n) is 10.9. The summed E-state index contributed by atoms with van der Waals surface area (Å²) >= 11 is 3.42. The van der Waals surface area contributed by atoms with Crippen molar-refractivity contribution in [1.82, 2.24) is 15.3 Å². The van der Waals surface area contributed by atoms with Crippen LogP contribution in [0.15, 0.2) is 71.2 Å². The van der Waals surface area contributed by atoms with Gasteiger partial charge in [0.05, 0.1) is 28.0 Å². The number of carbonyl (C=O) groups excluding carboxylic acids is 2. The highest BCUT2D eigenvalue weighted by molar-refractivity contribution is 9.10. The summed E-state index contributed by atoms with van der Waals surface area (Å²) in [5.74, 6) is -0.571. The maximum Gasteiger partial charge on any atom is 0.416 e. The van der Waals surface area contributed by atoms with Crippen LogP contribution in [-0.2, 0) is 28.7 Å². The van der Waals surface area contributed by atoms with Crippen molar-refractivity contribution in [2.45, 2.75) is 64.8 Å². The Morgan fingerprint density at radius 3 is 2.31 bits per heavy atom. The number of nitrogens with zero attached hydrogens (tertiary/aromatic N) is 2. The first-order valence-corrected chi connectivity index (χ1v) is 14.3. The number of amides is 1. The van der Waals surface area contributed by atoms with E-state index in [1.54, 1.807) is 39.0 Å². The van der Waals surface area contributed by atoms with Crippen LogP contribution in [0.2, 0.25) is 0 Å². The van der Waals surface area contributed by atoms with Gasteiger partial charge in [-0.05, 0) is 88.1 Å². The van der Waals surface area contributed by atoms with Gasteiger partial charge in [-0.15, -0.1) is 0 Å². The van der Waals surface area contributed by atoms with Crippen molar-refractivity contribution >= 4 is 38.8 Å². The molecule has 6 nitrogen and oxygen atoms in total. The highest BCUT2D eigenvalue weighted by Gasteiger charge is 2.30. The molecule has 1 N–H and O–H groups in total. The molecule has 4 rings (SSSR count). The van der Waals surface area contributed by atoms with E-state index in [0.29, 0.717) is 59.4 Å². The molecule has 0 bridgehead atoms. The summed E-state index contributed by atoms with van der Waals surface area (Å²) in [7, 11) is 0. The molecule has 0 atom stereocenters. The molecule has 0 saturated carbocycles. The van der Waals surface area contributed by atoms with Gasteiger partial charge >= 0.3 is 12.1 Å². The molecule has 1 aromatic heterocycles. The van der Waals surface area contributed by atoms with E-state index in [1.807, 2.05) is 24.3 Å². The summed E-state index contributed by atoms with van der Waals surface area (Å²) in [4.78, 5) is 34.5. The van der Waals surface area contributed by atoms with E-state index in [2.05, 4.69) is 21.2 Å². The number of benzene rings is 3. The summed E-state index contributed by atoms with van der Waals surface area (Å²) in [6.07, 6.45) is -2.66. The van der Waals surface area contributed by atoms with E-state index < -0.39 is 17.3 Å². The summed E-state index contributed by atoms with van der Waals surface area (Å²) in [6.45, 7) is 5.77. The number of hydrogen-bond acceptors (Lipinski definition) is 5. The molecule has 220 valence electrons. The number of esters is 1. The third kappa shape index (κ3) is 8.61. The van der Waals surface area contributed by atoms with Crippen molar-refractivity contribution in [2.75, 3.05) is 0 Å². The Morgan fingerprint density at radius 1 is 0.905 bits per heavy atom. The van der Waals surface area contributed by atoms with Gasteiger partial charge < -0.3 is 10.1 Å². The standard InChI is InChI=1S/C32H31BrF3N3O3/c1-31(2,3)42-28(40)10-5-4-9-26-29(21-11-14-23(15-12-21)32(34,35)36)39-25-16-13-22(18-27(25)38-26)30(41)37-19-20-7-6-8-24(33)17-20/h6-8,11-18H,4-5,9-10,19H2,1-3H3,(H,37,41). The lowest BCUT2D eigenvalue weighted by molar-refractivity contribution is -0.155. The van der Waals surface area contributed by atoms with Crippen LogP contribution in [0.1, 0.15) is 67.2 Å². The number of alkyl halides is 3. The maximum absolute atomic E-state index is 13.2. The molecule has 1 amide bonds. The Kier molecular flexibility index (Phi) is 9.66. The minimum atomic E-state index is -4.45. The van der Waals surface area contributed by atoms with Crippen LogP contribution < -0.4 is 5.32 Å². The third-order valence-electron chi connectivity index (χ3n) is 6.29. The quantitative estimate of drug-likeness (QED) is 0.148. The third-order valence-corrected chi connectivity index (χ3v) is 6.78. The van der Waals surface area contributed by atoms with Crippen LogP contribution in [0.3, 0.4) is 0 Å². The molecule has 0 saturated heterocycles. The molecular formula is C32H31BrF3N3O3. The van der Waals surface area contributed by atoms with Crippen LogP contribution in [0.5, 0.6) is 0 Å². The van der Waals surface area contributed by atoms with Gasteiger partial charge in [-0.2, -0.15) is 13.2 Å². The number of halogens is 4. The minimum Gasteiger partial charge on any atom is -0.460 e. The second kappa shape index (κ2) is 13.0. The molecule has 42 heavy (non-hydrogen) atoms. The van der Waals surface area contributed by atoms with E-state index in [1.165, 1.54) is 12.1 Å². The second-order valence-corrected chi connectivity index (χ2v) is 11.8. The van der Waals surface area contributed by atoms with Gasteiger partial charge in [0.15, 0.2) is 0 Å². The number of aromatic nitrogens is 2. The van der Waals surface area contributed by atoms with Gasteiger partial charge in [0.2, 0.25) is 0 Å². The van der Waals surface area contributed by atoms with Crippen molar-refractivity contribution in [3.8, 4) is 11.3 Å². The Labute approximate surface area is 250 Å². The monoisotopic (exact) mass is 641 g/mol. The number of carbonyl (C=O) groups is 2. The maximum atomic E-state index is 13.2. The summed E-state index contributed by atoms with van der Waals surface area (Å²) < 4.78 is 45.7. The van der Waals surface area contributed by atoms with Crippen LogP contribution in [0.25, 0.3) is 22.3 Å². The van der Waals surface area contributed by atoms with Crippen molar-refractivity contribution in [1.29, 1.82) is 0 Å². The number of aryl methyl sites for hydroxylation is 1. The van der Waals surface area contributed by atoms with Crippen LogP contribution in [0, 0.1) is 0 Å². The van der Waals surface area contributed by atoms with Gasteiger partial charge in [-0.25, -0.2) is 9.97 Å². The molecule has 1 heterocycles. The molecule has 0 radical (unpaired) electrons. The van der Waals surface area contributed by atoms with E-state index in [9.17, 15) is 22.8 Å².